The fraction of sp³-hybridized carbons (Fsp3) is 0.571. The first-order valence-electron chi connectivity index (χ1n) is 9.52. The molecule has 1 aliphatic heterocycles. The largest absolute Gasteiger partial charge is 0.481 e. The summed E-state index contributed by atoms with van der Waals surface area (Å²) in [4.78, 5) is 37.0. The van der Waals surface area contributed by atoms with Gasteiger partial charge >= 0.3 is 5.97 Å². The van der Waals surface area contributed by atoms with E-state index in [-0.39, 0.29) is 11.9 Å². The lowest BCUT2D eigenvalue weighted by atomic mass is 10.0. The van der Waals surface area contributed by atoms with Gasteiger partial charge in [0.25, 0.3) is 5.97 Å². The summed E-state index contributed by atoms with van der Waals surface area (Å²) < 4.78 is 0. The molecule has 2 N–H and O–H groups in total. The van der Waals surface area contributed by atoms with Crippen LogP contribution in [0.5, 0.6) is 0 Å². The van der Waals surface area contributed by atoms with E-state index in [9.17, 15) is 14.7 Å². The molecule has 2 atom stereocenters. The van der Waals surface area contributed by atoms with Crippen LogP contribution in [0.4, 0.5) is 0 Å². The number of carbonyl (C=O) groups excluding carboxylic acids is 1. The van der Waals surface area contributed by atoms with Crippen LogP contribution in [-0.4, -0.2) is 71.1 Å². The summed E-state index contributed by atoms with van der Waals surface area (Å²) in [5.74, 6) is -2.04. The number of aryl methyl sites for hydroxylation is 2. The molecule has 1 amide bonds. The lowest BCUT2D eigenvalue weighted by molar-refractivity contribution is -0.143. The SMILES string of the molecule is CC(=O)O.Cc1ccccc1CCC(=O)N1C[C@@H](C(=O)O)CC[C@@H](N(C)C)C1. The number of likely N-dealkylation sites (tertiary alicyclic amines) is 1. The number of nitrogens with zero attached hydrogens (tertiary/aromatic N) is 2. The van der Waals surface area contributed by atoms with E-state index in [0.717, 1.165) is 13.3 Å². The van der Waals surface area contributed by atoms with E-state index in [4.69, 9.17) is 9.90 Å². The Morgan fingerprint density at radius 3 is 2.25 bits per heavy atom. The standard InChI is InChI=1S/C19H28N2O3.C2H4O2/c1-14-6-4-5-7-15(14)9-11-18(22)21-12-16(19(23)24)8-10-17(13-21)20(2)3;1-2(3)4/h4-7,16-17H,8-13H2,1-3H3,(H,23,24);1H3,(H,3,4)/t16-,17+;/m0./s1. The van der Waals surface area contributed by atoms with Crippen LogP contribution < -0.4 is 0 Å². The minimum absolute atomic E-state index is 0.0539. The highest BCUT2D eigenvalue weighted by Crippen LogP contribution is 2.21. The molecule has 0 aliphatic carbocycles. The number of benzene rings is 1. The minimum Gasteiger partial charge on any atom is -0.481 e. The number of carboxylic acid groups (broad SMARTS) is 2. The molecule has 1 saturated heterocycles. The van der Waals surface area contributed by atoms with Crippen LogP contribution in [0.2, 0.25) is 0 Å². The number of aliphatic carboxylic acids is 2. The van der Waals surface area contributed by atoms with E-state index < -0.39 is 17.9 Å². The minimum atomic E-state index is -0.833. The summed E-state index contributed by atoms with van der Waals surface area (Å²) in [5, 5.41) is 16.8. The first-order valence-corrected chi connectivity index (χ1v) is 9.52. The Hall–Kier alpha value is -2.41. The molecule has 0 aromatic heterocycles. The van der Waals surface area contributed by atoms with E-state index >= 15 is 0 Å². The summed E-state index contributed by atoms with van der Waals surface area (Å²) >= 11 is 0. The average molecular weight is 392 g/mol. The average Bonchev–Trinajstić information content (AvgIpc) is 2.84. The van der Waals surface area contributed by atoms with Gasteiger partial charge < -0.3 is 20.0 Å². The van der Waals surface area contributed by atoms with Gasteiger partial charge in [0.1, 0.15) is 0 Å². The van der Waals surface area contributed by atoms with E-state index in [1.54, 1.807) is 4.90 Å². The number of carboxylic acids is 2. The maximum Gasteiger partial charge on any atom is 0.308 e. The highest BCUT2D eigenvalue weighted by molar-refractivity contribution is 5.78. The normalized spacial score (nSPS) is 19.4. The predicted molar refractivity (Wildman–Crippen MR) is 107 cm³/mol. The van der Waals surface area contributed by atoms with Gasteiger partial charge in [-0.05, 0) is 51.4 Å². The second-order valence-corrected chi connectivity index (χ2v) is 7.47. The van der Waals surface area contributed by atoms with Gasteiger partial charge in [-0.25, -0.2) is 0 Å². The van der Waals surface area contributed by atoms with Gasteiger partial charge in [0.15, 0.2) is 0 Å². The monoisotopic (exact) mass is 392 g/mol. The second kappa shape index (κ2) is 11.4. The van der Waals surface area contributed by atoms with Gasteiger partial charge in [0.05, 0.1) is 5.92 Å². The van der Waals surface area contributed by atoms with Crippen LogP contribution in [0.15, 0.2) is 24.3 Å². The molecule has 0 saturated carbocycles. The molecule has 0 radical (unpaired) electrons. The molecule has 0 spiro atoms. The van der Waals surface area contributed by atoms with Crippen LogP contribution >= 0.6 is 0 Å². The molecule has 7 nitrogen and oxygen atoms in total. The Labute approximate surface area is 166 Å². The van der Waals surface area contributed by atoms with Crippen molar-refractivity contribution in [2.24, 2.45) is 5.92 Å². The summed E-state index contributed by atoms with van der Waals surface area (Å²) in [6, 6.07) is 8.30. The third-order valence-corrected chi connectivity index (χ3v) is 5.02. The summed E-state index contributed by atoms with van der Waals surface area (Å²) in [7, 11) is 3.98. The molecule has 0 unspecified atom stereocenters. The molecule has 7 heteroatoms. The zero-order valence-electron chi connectivity index (χ0n) is 17.2. The lowest BCUT2D eigenvalue weighted by Gasteiger charge is -2.29. The van der Waals surface area contributed by atoms with Crippen LogP contribution in [0.3, 0.4) is 0 Å². The number of hydrogen-bond acceptors (Lipinski definition) is 4. The smallest absolute Gasteiger partial charge is 0.308 e. The molecule has 28 heavy (non-hydrogen) atoms. The zero-order valence-corrected chi connectivity index (χ0v) is 17.2. The summed E-state index contributed by atoms with van der Waals surface area (Å²) in [6.07, 6.45) is 2.56. The Balaban J connectivity index is 0.000000892. The van der Waals surface area contributed by atoms with Gasteiger partial charge in [-0.1, -0.05) is 24.3 Å². The lowest BCUT2D eigenvalue weighted by Crippen LogP contribution is -2.43. The second-order valence-electron chi connectivity index (χ2n) is 7.47. The van der Waals surface area contributed by atoms with Crippen LogP contribution in [0, 0.1) is 12.8 Å². The Morgan fingerprint density at radius 1 is 1.11 bits per heavy atom. The molecule has 1 fully saturated rings. The van der Waals surface area contributed by atoms with Crippen molar-refractivity contribution < 1.29 is 24.6 Å². The van der Waals surface area contributed by atoms with Crippen molar-refractivity contribution in [1.82, 2.24) is 9.80 Å². The topological polar surface area (TPSA) is 98.2 Å². The third-order valence-electron chi connectivity index (χ3n) is 5.02. The van der Waals surface area contributed by atoms with Crippen molar-refractivity contribution in [2.45, 2.75) is 45.6 Å². The van der Waals surface area contributed by atoms with Crippen molar-refractivity contribution in [3.05, 3.63) is 35.4 Å². The molecule has 2 rings (SSSR count). The van der Waals surface area contributed by atoms with Gasteiger partial charge in [-0.15, -0.1) is 0 Å². The van der Waals surface area contributed by atoms with Crippen molar-refractivity contribution in [2.75, 3.05) is 27.2 Å². The fourth-order valence-electron chi connectivity index (χ4n) is 3.29. The van der Waals surface area contributed by atoms with E-state index in [1.807, 2.05) is 45.3 Å². The van der Waals surface area contributed by atoms with E-state index in [2.05, 4.69) is 4.90 Å². The van der Waals surface area contributed by atoms with E-state index in [0.29, 0.717) is 32.4 Å². The fourth-order valence-corrected chi connectivity index (χ4v) is 3.29. The number of amides is 1. The van der Waals surface area contributed by atoms with Crippen LogP contribution in [0.25, 0.3) is 0 Å². The number of hydrogen-bond donors (Lipinski definition) is 2. The first-order chi connectivity index (χ1) is 13.1. The first kappa shape index (κ1) is 23.6. The Morgan fingerprint density at radius 2 is 1.71 bits per heavy atom. The highest BCUT2D eigenvalue weighted by Gasteiger charge is 2.31. The Bertz CT molecular complexity index is 671. The highest BCUT2D eigenvalue weighted by atomic mass is 16.4. The number of rotatable bonds is 5. The maximum absolute atomic E-state index is 12.7. The van der Waals surface area contributed by atoms with Gasteiger partial charge in [-0.3, -0.25) is 14.4 Å². The van der Waals surface area contributed by atoms with Crippen molar-refractivity contribution in [1.29, 1.82) is 0 Å². The molecular formula is C21H32N2O5. The zero-order chi connectivity index (χ0) is 21.3. The molecule has 1 aromatic carbocycles. The van der Waals surface area contributed by atoms with Gasteiger partial charge in [0, 0.05) is 32.5 Å². The van der Waals surface area contributed by atoms with Crippen molar-refractivity contribution >= 4 is 17.8 Å². The summed E-state index contributed by atoms with van der Waals surface area (Å²) in [6.45, 7) is 4.07. The molecule has 0 bridgehead atoms. The number of likely N-dealkylation sites (N-methyl/N-ethyl adjacent to an activating group) is 1. The molecular weight excluding hydrogens is 360 g/mol. The van der Waals surface area contributed by atoms with Crippen molar-refractivity contribution in [3.8, 4) is 0 Å². The van der Waals surface area contributed by atoms with Gasteiger partial charge in [0.2, 0.25) is 5.91 Å². The quantitative estimate of drug-likeness (QED) is 0.798. The molecule has 1 heterocycles. The van der Waals surface area contributed by atoms with E-state index in [1.165, 1.54) is 11.1 Å². The van der Waals surface area contributed by atoms with Crippen LogP contribution in [-0.2, 0) is 20.8 Å². The van der Waals surface area contributed by atoms with Crippen molar-refractivity contribution in [3.63, 3.8) is 0 Å². The summed E-state index contributed by atoms with van der Waals surface area (Å²) in [5.41, 5.74) is 2.37. The maximum atomic E-state index is 12.7. The molecule has 1 aromatic rings. The third kappa shape index (κ3) is 8.08. The predicted octanol–water partition coefficient (Wildman–Crippen LogP) is 2.27. The number of carbonyl (C=O) groups is 3. The van der Waals surface area contributed by atoms with Crippen LogP contribution in [0.1, 0.15) is 37.3 Å². The molecule has 1 aliphatic rings. The molecule has 156 valence electrons. The van der Waals surface area contributed by atoms with Gasteiger partial charge in [-0.2, -0.15) is 0 Å². The Kier molecular flexibility index (Phi) is 9.65.